The highest BCUT2D eigenvalue weighted by atomic mass is 16.5. The van der Waals surface area contributed by atoms with Gasteiger partial charge in [0.1, 0.15) is 16.9 Å². The summed E-state index contributed by atoms with van der Waals surface area (Å²) in [6, 6.07) is 5.69. The third-order valence-electron chi connectivity index (χ3n) is 3.26. The first-order valence-electron chi connectivity index (χ1n) is 5.96. The zero-order chi connectivity index (χ0) is 13.6. The third kappa shape index (κ3) is 1.97. The summed E-state index contributed by atoms with van der Waals surface area (Å²) >= 11 is 0. The highest BCUT2D eigenvalue weighted by molar-refractivity contribution is 5.84. The van der Waals surface area contributed by atoms with E-state index in [2.05, 4.69) is 0 Å². The molecule has 0 spiro atoms. The van der Waals surface area contributed by atoms with Gasteiger partial charge in [0.2, 0.25) is 0 Å². The van der Waals surface area contributed by atoms with Gasteiger partial charge in [-0.15, -0.1) is 0 Å². The van der Waals surface area contributed by atoms with Crippen molar-refractivity contribution in [3.8, 4) is 5.75 Å². The summed E-state index contributed by atoms with van der Waals surface area (Å²) in [5, 5.41) is 0. The lowest BCUT2D eigenvalue weighted by molar-refractivity contribution is -0.151. The molecular weight excluding hydrogens is 230 g/mol. The number of hydrogen-bond donors (Lipinski definition) is 1. The number of nitrogens with two attached hydrogens (primary N) is 1. The van der Waals surface area contributed by atoms with Crippen molar-refractivity contribution in [1.82, 2.24) is 0 Å². The lowest BCUT2D eigenvalue weighted by Crippen LogP contribution is -2.54. The fourth-order valence-electron chi connectivity index (χ4n) is 2.55. The van der Waals surface area contributed by atoms with Gasteiger partial charge in [-0.05, 0) is 32.9 Å². The molecule has 0 aromatic heterocycles. The summed E-state index contributed by atoms with van der Waals surface area (Å²) in [5.41, 5.74) is 6.42. The van der Waals surface area contributed by atoms with Crippen molar-refractivity contribution in [3.05, 3.63) is 29.3 Å². The van der Waals surface area contributed by atoms with Gasteiger partial charge in [-0.25, -0.2) is 4.79 Å². The van der Waals surface area contributed by atoms with E-state index in [-0.39, 0.29) is 0 Å². The minimum Gasteiger partial charge on any atom is -0.487 e. The Bertz CT molecular complexity index is 496. The molecule has 4 nitrogen and oxygen atoms in total. The van der Waals surface area contributed by atoms with Gasteiger partial charge in [0, 0.05) is 12.0 Å². The first kappa shape index (κ1) is 12.9. The Morgan fingerprint density at radius 3 is 2.72 bits per heavy atom. The number of carbonyl (C=O) groups is 1. The molecule has 98 valence electrons. The minimum atomic E-state index is -1.14. The smallest absolute Gasteiger partial charge is 0.330 e. The van der Waals surface area contributed by atoms with E-state index in [1.54, 1.807) is 0 Å². The first-order chi connectivity index (χ1) is 8.28. The van der Waals surface area contributed by atoms with Crippen LogP contribution in [0, 0.1) is 6.92 Å². The van der Waals surface area contributed by atoms with Gasteiger partial charge in [-0.1, -0.05) is 11.6 Å². The number of methoxy groups -OCH3 is 1. The predicted octanol–water partition coefficient (Wildman–Crippen LogP) is 1.88. The number of benzene rings is 1. The lowest BCUT2D eigenvalue weighted by Gasteiger charge is -2.42. The maximum Gasteiger partial charge on any atom is 0.330 e. The number of hydrogen-bond acceptors (Lipinski definition) is 4. The average Bonchev–Trinajstić information content (AvgIpc) is 2.28. The molecule has 1 aliphatic rings. The SMILES string of the molecule is COC(=O)C1(N)CC(C)(C)Oc2ccc(C)cc21. The van der Waals surface area contributed by atoms with E-state index < -0.39 is 17.1 Å². The molecule has 0 fully saturated rings. The van der Waals surface area contributed by atoms with E-state index in [4.69, 9.17) is 15.2 Å². The second kappa shape index (κ2) is 3.99. The van der Waals surface area contributed by atoms with Crippen molar-refractivity contribution in [3.63, 3.8) is 0 Å². The third-order valence-corrected chi connectivity index (χ3v) is 3.26. The van der Waals surface area contributed by atoms with Gasteiger partial charge in [0.25, 0.3) is 0 Å². The van der Waals surface area contributed by atoms with Crippen LogP contribution in [0.25, 0.3) is 0 Å². The Kier molecular flexibility index (Phi) is 2.86. The molecule has 0 amide bonds. The van der Waals surface area contributed by atoms with E-state index in [0.29, 0.717) is 17.7 Å². The van der Waals surface area contributed by atoms with Gasteiger partial charge in [-0.3, -0.25) is 0 Å². The largest absolute Gasteiger partial charge is 0.487 e. The van der Waals surface area contributed by atoms with Crippen LogP contribution in [0.4, 0.5) is 0 Å². The van der Waals surface area contributed by atoms with Crippen LogP contribution in [-0.4, -0.2) is 18.7 Å². The fraction of sp³-hybridized carbons (Fsp3) is 0.500. The van der Waals surface area contributed by atoms with Crippen molar-refractivity contribution in [1.29, 1.82) is 0 Å². The Balaban J connectivity index is 2.61. The van der Waals surface area contributed by atoms with Crippen LogP contribution in [0.15, 0.2) is 18.2 Å². The molecule has 4 heteroatoms. The van der Waals surface area contributed by atoms with Crippen molar-refractivity contribution in [2.45, 2.75) is 38.3 Å². The van der Waals surface area contributed by atoms with Crippen LogP contribution in [0.5, 0.6) is 5.75 Å². The normalized spacial score (nSPS) is 24.9. The molecule has 0 saturated heterocycles. The molecule has 18 heavy (non-hydrogen) atoms. The van der Waals surface area contributed by atoms with Gasteiger partial charge in [0.05, 0.1) is 7.11 Å². The first-order valence-corrected chi connectivity index (χ1v) is 5.96. The predicted molar refractivity (Wildman–Crippen MR) is 68.4 cm³/mol. The highest BCUT2D eigenvalue weighted by Gasteiger charge is 2.48. The number of rotatable bonds is 1. The average molecular weight is 249 g/mol. The Morgan fingerprint density at radius 1 is 1.44 bits per heavy atom. The summed E-state index contributed by atoms with van der Waals surface area (Å²) in [5.74, 6) is 0.232. The monoisotopic (exact) mass is 249 g/mol. The van der Waals surface area contributed by atoms with Crippen LogP contribution < -0.4 is 10.5 Å². The van der Waals surface area contributed by atoms with Crippen LogP contribution in [0.1, 0.15) is 31.4 Å². The standard InChI is InChI=1S/C14H19NO3/c1-9-5-6-11-10(7-9)14(15,12(16)17-4)8-13(2,3)18-11/h5-7H,8,15H2,1-4H3. The molecule has 1 unspecified atom stereocenters. The van der Waals surface area contributed by atoms with Crippen LogP contribution >= 0.6 is 0 Å². The van der Waals surface area contributed by atoms with E-state index in [0.717, 1.165) is 5.56 Å². The zero-order valence-electron chi connectivity index (χ0n) is 11.2. The van der Waals surface area contributed by atoms with Gasteiger partial charge in [0.15, 0.2) is 0 Å². The summed E-state index contributed by atoms with van der Waals surface area (Å²) in [4.78, 5) is 12.0. The maximum absolute atomic E-state index is 12.0. The summed E-state index contributed by atoms with van der Waals surface area (Å²) < 4.78 is 10.7. The number of esters is 1. The molecule has 0 bridgehead atoms. The van der Waals surface area contributed by atoms with E-state index in [9.17, 15) is 4.79 Å². The molecule has 2 N–H and O–H groups in total. The summed E-state index contributed by atoms with van der Waals surface area (Å²) in [6.07, 6.45) is 0.392. The molecule has 0 saturated carbocycles. The van der Waals surface area contributed by atoms with Crippen LogP contribution in [0.2, 0.25) is 0 Å². The quantitative estimate of drug-likeness (QED) is 0.772. The molecular formula is C14H19NO3. The summed E-state index contributed by atoms with van der Waals surface area (Å²) in [7, 11) is 1.36. The molecule has 1 atom stereocenters. The zero-order valence-corrected chi connectivity index (χ0v) is 11.2. The van der Waals surface area contributed by atoms with E-state index in [1.807, 2.05) is 39.0 Å². The number of ether oxygens (including phenoxy) is 2. The van der Waals surface area contributed by atoms with E-state index >= 15 is 0 Å². The Morgan fingerprint density at radius 2 is 2.11 bits per heavy atom. The van der Waals surface area contributed by atoms with Gasteiger partial charge >= 0.3 is 5.97 Å². The molecule has 1 aromatic rings. The minimum absolute atomic E-state index is 0.392. The Labute approximate surface area is 107 Å². The van der Waals surface area contributed by atoms with Crippen LogP contribution in [-0.2, 0) is 15.1 Å². The molecule has 1 aliphatic heterocycles. The second-order valence-corrected chi connectivity index (χ2v) is 5.50. The molecule has 1 aromatic carbocycles. The molecule has 2 rings (SSSR count). The highest BCUT2D eigenvalue weighted by Crippen LogP contribution is 2.42. The van der Waals surface area contributed by atoms with Gasteiger partial charge in [-0.2, -0.15) is 0 Å². The van der Waals surface area contributed by atoms with Crippen LogP contribution in [0.3, 0.4) is 0 Å². The summed E-state index contributed by atoms with van der Waals surface area (Å²) in [6.45, 7) is 5.79. The van der Waals surface area contributed by atoms with E-state index in [1.165, 1.54) is 7.11 Å². The maximum atomic E-state index is 12.0. The van der Waals surface area contributed by atoms with Crippen molar-refractivity contribution < 1.29 is 14.3 Å². The lowest BCUT2D eigenvalue weighted by atomic mass is 9.78. The second-order valence-electron chi connectivity index (χ2n) is 5.50. The Hall–Kier alpha value is -1.55. The number of carbonyl (C=O) groups excluding carboxylic acids is 1. The molecule has 0 aliphatic carbocycles. The molecule has 0 radical (unpaired) electrons. The number of aryl methyl sites for hydroxylation is 1. The van der Waals surface area contributed by atoms with Gasteiger partial charge < -0.3 is 15.2 Å². The van der Waals surface area contributed by atoms with Crippen molar-refractivity contribution in [2.24, 2.45) is 5.73 Å². The molecule has 1 heterocycles. The van der Waals surface area contributed by atoms with Crippen molar-refractivity contribution >= 4 is 5.97 Å². The fourth-order valence-corrected chi connectivity index (χ4v) is 2.55. The topological polar surface area (TPSA) is 61.5 Å². The number of fused-ring (bicyclic) bond motifs is 1. The van der Waals surface area contributed by atoms with Crippen molar-refractivity contribution in [2.75, 3.05) is 7.11 Å².